The van der Waals surface area contributed by atoms with Crippen molar-refractivity contribution in [3.63, 3.8) is 0 Å². The van der Waals surface area contributed by atoms with Crippen LogP contribution in [0.5, 0.6) is 0 Å². The quantitative estimate of drug-likeness (QED) is 0.767. The third-order valence-corrected chi connectivity index (χ3v) is 4.41. The third kappa shape index (κ3) is 4.86. The second kappa shape index (κ2) is 8.36. The first-order chi connectivity index (χ1) is 11.4. The Balaban J connectivity index is 2.13. The van der Waals surface area contributed by atoms with Gasteiger partial charge in [-0.05, 0) is 44.0 Å². The van der Waals surface area contributed by atoms with Crippen molar-refractivity contribution in [2.75, 3.05) is 0 Å². The molecular weight excluding hydrogens is 345 g/mol. The number of halogens is 2. The van der Waals surface area contributed by atoms with Gasteiger partial charge in [0.15, 0.2) is 0 Å². The van der Waals surface area contributed by atoms with Crippen molar-refractivity contribution in [2.24, 2.45) is 0 Å². The van der Waals surface area contributed by atoms with Crippen molar-refractivity contribution in [3.05, 3.63) is 57.3 Å². The van der Waals surface area contributed by atoms with Gasteiger partial charge in [0.2, 0.25) is 5.91 Å². The topological polar surface area (TPSA) is 46.9 Å². The first-order valence-electron chi connectivity index (χ1n) is 7.86. The van der Waals surface area contributed by atoms with E-state index in [4.69, 9.17) is 23.2 Å². The Morgan fingerprint density at radius 3 is 2.62 bits per heavy atom. The smallest absolute Gasteiger partial charge is 0.244 e. The van der Waals surface area contributed by atoms with Gasteiger partial charge in [-0.3, -0.25) is 4.79 Å². The van der Waals surface area contributed by atoms with E-state index in [0.29, 0.717) is 16.7 Å². The molecule has 0 aliphatic heterocycles. The highest BCUT2D eigenvalue weighted by Gasteiger charge is 2.12. The molecule has 1 heterocycles. The number of carbonyl (C=O) groups is 1. The fraction of sp³-hybridized carbons (Fsp3) is 0.333. The Bertz CT molecular complexity index is 735. The molecule has 1 aromatic carbocycles. The highest BCUT2D eigenvalue weighted by molar-refractivity contribution is 6.31. The molecule has 2 aromatic rings. The molecule has 0 radical (unpaired) electrons. The summed E-state index contributed by atoms with van der Waals surface area (Å²) in [5.41, 5.74) is 2.58. The van der Waals surface area contributed by atoms with Gasteiger partial charge in [-0.2, -0.15) is 5.10 Å². The molecule has 0 aliphatic rings. The number of amides is 1. The summed E-state index contributed by atoms with van der Waals surface area (Å²) in [6.07, 6.45) is 4.09. The number of hydrogen-bond acceptors (Lipinski definition) is 2. The molecule has 2 rings (SSSR count). The number of hydrogen-bond donors (Lipinski definition) is 1. The van der Waals surface area contributed by atoms with Crippen molar-refractivity contribution < 1.29 is 4.79 Å². The molecule has 1 atom stereocenters. The summed E-state index contributed by atoms with van der Waals surface area (Å²) in [6, 6.07) is 7.68. The van der Waals surface area contributed by atoms with Crippen LogP contribution >= 0.6 is 23.2 Å². The summed E-state index contributed by atoms with van der Waals surface area (Å²) in [6.45, 7) is 6.41. The Hall–Kier alpha value is -1.78. The molecule has 1 amide bonds. The highest BCUT2D eigenvalue weighted by atomic mass is 35.5. The van der Waals surface area contributed by atoms with Crippen molar-refractivity contribution in [1.82, 2.24) is 15.1 Å². The number of nitrogens with zero attached hydrogens (tertiary/aromatic N) is 2. The van der Waals surface area contributed by atoms with Gasteiger partial charge in [-0.25, -0.2) is 4.68 Å². The Morgan fingerprint density at radius 1 is 1.33 bits per heavy atom. The van der Waals surface area contributed by atoms with E-state index < -0.39 is 0 Å². The number of rotatable bonds is 6. The maximum atomic E-state index is 11.9. The Labute approximate surface area is 152 Å². The minimum absolute atomic E-state index is 0.134. The average Bonchev–Trinajstić information content (AvgIpc) is 2.81. The molecule has 128 valence electrons. The highest BCUT2D eigenvalue weighted by Crippen LogP contribution is 2.22. The number of aryl methyl sites for hydroxylation is 1. The number of benzene rings is 1. The zero-order valence-electron chi connectivity index (χ0n) is 14.0. The number of aromatic nitrogens is 2. The van der Waals surface area contributed by atoms with Crippen LogP contribution in [0.15, 0.2) is 30.3 Å². The Morgan fingerprint density at radius 2 is 2.00 bits per heavy atom. The molecule has 6 heteroatoms. The average molecular weight is 366 g/mol. The molecule has 0 bridgehead atoms. The van der Waals surface area contributed by atoms with Gasteiger partial charge >= 0.3 is 0 Å². The van der Waals surface area contributed by atoms with E-state index in [1.165, 1.54) is 6.08 Å². The van der Waals surface area contributed by atoms with Crippen LogP contribution < -0.4 is 5.32 Å². The van der Waals surface area contributed by atoms with Crippen LogP contribution in [0.3, 0.4) is 0 Å². The minimum Gasteiger partial charge on any atom is -0.350 e. The van der Waals surface area contributed by atoms with E-state index in [1.807, 2.05) is 45.0 Å². The van der Waals surface area contributed by atoms with Crippen LogP contribution in [0.4, 0.5) is 0 Å². The van der Waals surface area contributed by atoms with Crippen molar-refractivity contribution >= 4 is 35.2 Å². The normalized spacial score (nSPS) is 12.5. The summed E-state index contributed by atoms with van der Waals surface area (Å²) >= 11 is 12.3. The lowest BCUT2D eigenvalue weighted by Gasteiger charge is -2.08. The predicted octanol–water partition coefficient (Wildman–Crippen LogP) is 4.47. The zero-order valence-corrected chi connectivity index (χ0v) is 15.5. The van der Waals surface area contributed by atoms with E-state index in [-0.39, 0.29) is 11.9 Å². The van der Waals surface area contributed by atoms with Gasteiger partial charge in [0, 0.05) is 22.7 Å². The van der Waals surface area contributed by atoms with Crippen LogP contribution in [0.1, 0.15) is 37.1 Å². The van der Waals surface area contributed by atoms with Gasteiger partial charge in [0.1, 0.15) is 5.15 Å². The van der Waals surface area contributed by atoms with E-state index >= 15 is 0 Å². The van der Waals surface area contributed by atoms with Crippen LogP contribution in [0, 0.1) is 6.92 Å². The molecule has 0 spiro atoms. The summed E-state index contributed by atoms with van der Waals surface area (Å²) in [5.74, 6) is -0.134. The van der Waals surface area contributed by atoms with E-state index in [1.54, 1.807) is 10.8 Å². The maximum Gasteiger partial charge on any atom is 0.244 e. The number of nitrogens with one attached hydrogen (secondary N) is 1. The van der Waals surface area contributed by atoms with Gasteiger partial charge < -0.3 is 5.32 Å². The molecule has 0 fully saturated rings. The van der Waals surface area contributed by atoms with Crippen molar-refractivity contribution in [2.45, 2.75) is 39.8 Å². The molecule has 0 saturated heterocycles. The molecule has 0 saturated carbocycles. The van der Waals surface area contributed by atoms with E-state index in [9.17, 15) is 4.79 Å². The first kappa shape index (κ1) is 18.6. The summed E-state index contributed by atoms with van der Waals surface area (Å²) < 4.78 is 1.71. The largest absolute Gasteiger partial charge is 0.350 e. The van der Waals surface area contributed by atoms with Crippen molar-refractivity contribution in [1.29, 1.82) is 0 Å². The van der Waals surface area contributed by atoms with Gasteiger partial charge in [0.05, 0.1) is 12.2 Å². The fourth-order valence-corrected chi connectivity index (χ4v) is 2.60. The molecule has 4 nitrogen and oxygen atoms in total. The molecular formula is C18H21Cl2N3O. The fourth-order valence-electron chi connectivity index (χ4n) is 2.18. The second-order valence-electron chi connectivity index (χ2n) is 5.73. The number of carbonyl (C=O) groups excluding carboxylic acids is 1. The van der Waals surface area contributed by atoms with Gasteiger partial charge in [-0.15, -0.1) is 0 Å². The lowest BCUT2D eigenvalue weighted by Crippen LogP contribution is -2.30. The van der Waals surface area contributed by atoms with Crippen LogP contribution in [0.25, 0.3) is 6.08 Å². The second-order valence-corrected chi connectivity index (χ2v) is 6.52. The lowest BCUT2D eigenvalue weighted by molar-refractivity contribution is -0.117. The minimum atomic E-state index is -0.134. The summed E-state index contributed by atoms with van der Waals surface area (Å²) in [5, 5.41) is 8.54. The third-order valence-electron chi connectivity index (χ3n) is 3.76. The van der Waals surface area contributed by atoms with Crippen LogP contribution in [-0.2, 0) is 11.3 Å². The van der Waals surface area contributed by atoms with Crippen molar-refractivity contribution in [3.8, 4) is 0 Å². The molecule has 24 heavy (non-hydrogen) atoms. The van der Waals surface area contributed by atoms with Crippen LogP contribution in [-0.4, -0.2) is 21.7 Å². The first-order valence-corrected chi connectivity index (χ1v) is 8.62. The van der Waals surface area contributed by atoms with Gasteiger partial charge in [0.25, 0.3) is 0 Å². The SMILES string of the molecule is CCC(C)NC(=O)/C=C/c1c(C)nn(Cc2ccc(Cl)cc2)c1Cl. The van der Waals surface area contributed by atoms with Crippen LogP contribution in [0.2, 0.25) is 10.2 Å². The zero-order chi connectivity index (χ0) is 17.7. The maximum absolute atomic E-state index is 11.9. The monoisotopic (exact) mass is 365 g/mol. The molecule has 1 N–H and O–H groups in total. The lowest BCUT2D eigenvalue weighted by atomic mass is 10.2. The molecule has 0 aliphatic carbocycles. The van der Waals surface area contributed by atoms with E-state index in [2.05, 4.69) is 10.4 Å². The summed E-state index contributed by atoms with van der Waals surface area (Å²) in [7, 11) is 0. The Kier molecular flexibility index (Phi) is 6.46. The molecule has 1 aromatic heterocycles. The molecule has 1 unspecified atom stereocenters. The van der Waals surface area contributed by atoms with E-state index in [0.717, 1.165) is 23.2 Å². The van der Waals surface area contributed by atoms with Gasteiger partial charge in [-0.1, -0.05) is 42.3 Å². The predicted molar refractivity (Wildman–Crippen MR) is 99.5 cm³/mol. The standard InChI is InChI=1S/C18H21Cl2N3O/c1-4-12(2)21-17(24)10-9-16-13(3)22-23(18(16)20)11-14-5-7-15(19)8-6-14/h5-10,12H,4,11H2,1-3H3,(H,21,24)/b10-9+. The summed E-state index contributed by atoms with van der Waals surface area (Å²) in [4.78, 5) is 11.9.